The maximum absolute atomic E-state index is 12.2. The first-order chi connectivity index (χ1) is 14.3. The average molecular weight is 418 g/mol. The maximum atomic E-state index is 12.2. The van der Waals surface area contributed by atoms with Gasteiger partial charge >= 0.3 is 23.9 Å². The van der Waals surface area contributed by atoms with Gasteiger partial charge in [-0.25, -0.2) is 19.2 Å². The zero-order valence-electron chi connectivity index (χ0n) is 15.9. The number of rotatable bonds is 9. The van der Waals surface area contributed by atoms with Gasteiger partial charge in [-0.3, -0.25) is 0 Å². The van der Waals surface area contributed by atoms with Gasteiger partial charge in [0.05, 0.1) is 25.3 Å². The van der Waals surface area contributed by atoms with Crippen LogP contribution in [0.1, 0.15) is 20.7 Å². The molecule has 0 aliphatic heterocycles. The lowest BCUT2D eigenvalue weighted by atomic mass is 10.1. The fraction of sp³-hybridized carbons (Fsp3) is 0.200. The Morgan fingerprint density at radius 3 is 1.17 bits per heavy atom. The van der Waals surface area contributed by atoms with Crippen molar-refractivity contribution in [3.05, 3.63) is 59.7 Å². The second-order valence-electron chi connectivity index (χ2n) is 5.79. The van der Waals surface area contributed by atoms with Crippen molar-refractivity contribution in [3.8, 4) is 11.5 Å². The van der Waals surface area contributed by atoms with Gasteiger partial charge in [0.25, 0.3) is 0 Å². The number of aliphatic carboxylic acids is 2. The summed E-state index contributed by atoms with van der Waals surface area (Å²) in [6.45, 7) is 0. The molecule has 0 bridgehead atoms. The van der Waals surface area contributed by atoms with Gasteiger partial charge in [0.15, 0.2) is 0 Å². The number of carbonyl (C=O) groups excluding carboxylic acids is 2. The highest BCUT2D eigenvalue weighted by Gasteiger charge is 2.41. The minimum absolute atomic E-state index is 0.0485. The molecule has 0 aliphatic rings. The molecule has 0 spiro atoms. The lowest BCUT2D eigenvalue weighted by Crippen LogP contribution is -2.45. The van der Waals surface area contributed by atoms with Gasteiger partial charge in [-0.15, -0.1) is 0 Å². The lowest BCUT2D eigenvalue weighted by molar-refractivity contribution is -0.166. The number of hydrogen-bond acceptors (Lipinski definition) is 8. The summed E-state index contributed by atoms with van der Waals surface area (Å²) >= 11 is 0. The van der Waals surface area contributed by atoms with Crippen molar-refractivity contribution < 1.29 is 48.3 Å². The Labute approximate surface area is 170 Å². The maximum Gasteiger partial charge on any atom is 0.349 e. The van der Waals surface area contributed by atoms with Gasteiger partial charge in [-0.1, -0.05) is 0 Å². The third-order valence-electron chi connectivity index (χ3n) is 3.88. The summed E-state index contributed by atoms with van der Waals surface area (Å²) in [5.74, 6) is -4.94. The molecular weight excluding hydrogens is 400 g/mol. The van der Waals surface area contributed by atoms with E-state index in [-0.39, 0.29) is 11.1 Å². The third kappa shape index (κ3) is 5.47. The van der Waals surface area contributed by atoms with Gasteiger partial charge in [-0.05, 0) is 48.5 Å². The molecule has 2 atom stereocenters. The number of carbonyl (C=O) groups is 4. The zero-order chi connectivity index (χ0) is 22.3. The highest BCUT2D eigenvalue weighted by atomic mass is 16.6. The largest absolute Gasteiger partial charge is 0.497 e. The normalized spacial score (nSPS) is 12.2. The molecule has 10 nitrogen and oxygen atoms in total. The van der Waals surface area contributed by atoms with Crippen molar-refractivity contribution in [1.82, 2.24) is 0 Å². The summed E-state index contributed by atoms with van der Waals surface area (Å²) in [4.78, 5) is 47.6. The highest BCUT2D eigenvalue weighted by Crippen LogP contribution is 2.17. The number of hydrogen-bond donors (Lipinski definition) is 2. The highest BCUT2D eigenvalue weighted by molar-refractivity contribution is 5.95. The summed E-state index contributed by atoms with van der Waals surface area (Å²) in [5, 5.41) is 18.7. The van der Waals surface area contributed by atoms with Crippen molar-refractivity contribution in [3.63, 3.8) is 0 Å². The third-order valence-corrected chi connectivity index (χ3v) is 3.88. The van der Waals surface area contributed by atoms with Crippen LogP contribution in [0.4, 0.5) is 0 Å². The molecule has 2 aromatic carbocycles. The number of benzene rings is 2. The predicted octanol–water partition coefficient (Wildman–Crippen LogP) is 1.62. The topological polar surface area (TPSA) is 146 Å². The first-order valence-electron chi connectivity index (χ1n) is 8.42. The van der Waals surface area contributed by atoms with E-state index < -0.39 is 36.1 Å². The van der Waals surface area contributed by atoms with Crippen LogP contribution in [0.15, 0.2) is 48.5 Å². The Morgan fingerprint density at radius 2 is 0.933 bits per heavy atom. The van der Waals surface area contributed by atoms with E-state index in [9.17, 15) is 29.4 Å². The van der Waals surface area contributed by atoms with Gasteiger partial charge in [0, 0.05) is 0 Å². The molecule has 30 heavy (non-hydrogen) atoms. The number of esters is 2. The Bertz CT molecular complexity index is 840. The monoisotopic (exact) mass is 418 g/mol. The quantitative estimate of drug-likeness (QED) is 0.576. The van der Waals surface area contributed by atoms with Crippen LogP contribution < -0.4 is 9.47 Å². The number of carboxylic acids is 2. The van der Waals surface area contributed by atoms with Gasteiger partial charge in [0.2, 0.25) is 12.2 Å². The van der Waals surface area contributed by atoms with E-state index in [4.69, 9.17) is 18.9 Å². The van der Waals surface area contributed by atoms with Gasteiger partial charge in [-0.2, -0.15) is 0 Å². The van der Waals surface area contributed by atoms with Crippen LogP contribution >= 0.6 is 0 Å². The molecule has 0 heterocycles. The van der Waals surface area contributed by atoms with Crippen LogP contribution in [0.5, 0.6) is 11.5 Å². The molecule has 2 N–H and O–H groups in total. The van der Waals surface area contributed by atoms with E-state index in [1.54, 1.807) is 0 Å². The summed E-state index contributed by atoms with van der Waals surface area (Å²) < 4.78 is 19.5. The Hall–Kier alpha value is -4.08. The van der Waals surface area contributed by atoms with Crippen LogP contribution in [0, 0.1) is 0 Å². The molecule has 2 unspecified atom stereocenters. The molecule has 0 aliphatic carbocycles. The van der Waals surface area contributed by atoms with Crippen molar-refractivity contribution >= 4 is 23.9 Å². The van der Waals surface area contributed by atoms with Crippen molar-refractivity contribution in [2.24, 2.45) is 0 Å². The molecule has 2 rings (SSSR count). The van der Waals surface area contributed by atoms with E-state index in [0.717, 1.165) is 0 Å². The van der Waals surface area contributed by atoms with Crippen molar-refractivity contribution in [2.75, 3.05) is 14.2 Å². The van der Waals surface area contributed by atoms with E-state index in [1.807, 2.05) is 0 Å². The van der Waals surface area contributed by atoms with E-state index in [0.29, 0.717) is 11.5 Å². The van der Waals surface area contributed by atoms with Crippen LogP contribution in [-0.2, 0) is 19.1 Å². The van der Waals surface area contributed by atoms with Crippen LogP contribution in [0.3, 0.4) is 0 Å². The standard InChI is InChI=1S/C20H18O10/c1-27-13-7-3-11(4-8-13)19(25)29-15(17(21)22)16(18(23)24)30-20(26)12-5-9-14(28-2)10-6-12/h3-10,15-16H,1-2H3,(H,21,22)(H,23,24). The molecular formula is C20H18O10. The molecule has 0 radical (unpaired) electrons. The minimum Gasteiger partial charge on any atom is -0.497 e. The molecule has 10 heteroatoms. The fourth-order valence-electron chi connectivity index (χ4n) is 2.30. The molecule has 0 fully saturated rings. The second kappa shape index (κ2) is 9.92. The molecule has 2 aromatic rings. The smallest absolute Gasteiger partial charge is 0.349 e. The molecule has 158 valence electrons. The predicted molar refractivity (Wildman–Crippen MR) is 99.7 cm³/mol. The van der Waals surface area contributed by atoms with Crippen LogP contribution in [0.2, 0.25) is 0 Å². The first-order valence-corrected chi connectivity index (χ1v) is 8.42. The second-order valence-corrected chi connectivity index (χ2v) is 5.79. The average Bonchev–Trinajstić information content (AvgIpc) is 2.75. The van der Waals surface area contributed by atoms with E-state index in [2.05, 4.69) is 0 Å². The van der Waals surface area contributed by atoms with Gasteiger partial charge in [0.1, 0.15) is 11.5 Å². The molecule has 0 amide bonds. The summed E-state index contributed by atoms with van der Waals surface area (Å²) in [5.41, 5.74) is -0.0969. The van der Waals surface area contributed by atoms with Crippen molar-refractivity contribution in [2.45, 2.75) is 12.2 Å². The number of carboxylic acid groups (broad SMARTS) is 2. The fourth-order valence-corrected chi connectivity index (χ4v) is 2.30. The number of methoxy groups -OCH3 is 2. The zero-order valence-corrected chi connectivity index (χ0v) is 15.9. The molecule has 0 saturated carbocycles. The lowest BCUT2D eigenvalue weighted by Gasteiger charge is -2.21. The Morgan fingerprint density at radius 1 is 0.633 bits per heavy atom. The van der Waals surface area contributed by atoms with Crippen LogP contribution in [0.25, 0.3) is 0 Å². The van der Waals surface area contributed by atoms with E-state index in [1.165, 1.54) is 62.8 Å². The SMILES string of the molecule is COc1ccc(C(=O)OC(C(=O)O)C(OC(=O)c2ccc(OC)cc2)C(=O)O)cc1. The molecule has 0 aromatic heterocycles. The Balaban J connectivity index is 2.19. The Kier molecular flexibility index (Phi) is 7.34. The first kappa shape index (κ1) is 22.2. The van der Waals surface area contributed by atoms with E-state index >= 15 is 0 Å². The number of ether oxygens (including phenoxy) is 4. The summed E-state index contributed by atoms with van der Waals surface area (Å²) in [6.07, 6.45) is -4.56. The van der Waals surface area contributed by atoms with Gasteiger partial charge < -0.3 is 29.2 Å². The molecule has 0 saturated heterocycles. The summed E-state index contributed by atoms with van der Waals surface area (Å²) in [6, 6.07) is 11.0. The summed E-state index contributed by atoms with van der Waals surface area (Å²) in [7, 11) is 2.84. The van der Waals surface area contributed by atoms with Crippen molar-refractivity contribution in [1.29, 1.82) is 0 Å². The minimum atomic E-state index is -2.28. The van der Waals surface area contributed by atoms with Crippen LogP contribution in [-0.4, -0.2) is 60.5 Å².